The molecule has 0 spiro atoms. The summed E-state index contributed by atoms with van der Waals surface area (Å²) in [5, 5.41) is 11.5. The summed E-state index contributed by atoms with van der Waals surface area (Å²) in [6.45, 7) is 2.22. The van der Waals surface area contributed by atoms with Gasteiger partial charge >= 0.3 is 3.98 Å². The zero-order valence-electron chi connectivity index (χ0n) is 10.1. The van der Waals surface area contributed by atoms with Crippen molar-refractivity contribution in [3.05, 3.63) is 38.4 Å². The third-order valence-corrected chi connectivity index (χ3v) is 5.31. The summed E-state index contributed by atoms with van der Waals surface area (Å²) in [7, 11) is 0. The highest BCUT2D eigenvalue weighted by Crippen LogP contribution is 2.23. The van der Waals surface area contributed by atoms with Gasteiger partial charge in [0.2, 0.25) is 0 Å². The number of hydrogen-bond acceptors (Lipinski definition) is 5. The second kappa shape index (κ2) is 5.18. The van der Waals surface area contributed by atoms with Crippen molar-refractivity contribution >= 4 is 28.6 Å². The van der Waals surface area contributed by atoms with Gasteiger partial charge in [0.1, 0.15) is 18.1 Å². The second-order valence-corrected chi connectivity index (χ2v) is 6.34. The second-order valence-electron chi connectivity index (χ2n) is 4.35. The van der Waals surface area contributed by atoms with Gasteiger partial charge in [-0.15, -0.1) is 0 Å². The molecule has 2 heterocycles. The first-order valence-electron chi connectivity index (χ1n) is 6.03. The Bertz CT molecular complexity index is 665. The van der Waals surface area contributed by atoms with Gasteiger partial charge in [-0.2, -0.15) is 4.37 Å². The lowest BCUT2D eigenvalue weighted by Crippen LogP contribution is -2.21. The van der Waals surface area contributed by atoms with Gasteiger partial charge in [-0.1, -0.05) is 0 Å². The van der Waals surface area contributed by atoms with E-state index in [9.17, 15) is 10.1 Å². The maximum absolute atomic E-state index is 10.6. The Morgan fingerprint density at radius 2 is 1.89 bits per heavy atom. The van der Waals surface area contributed by atoms with Gasteiger partial charge < -0.3 is 0 Å². The van der Waals surface area contributed by atoms with Crippen LogP contribution in [-0.2, 0) is 0 Å². The molecule has 5 nitrogen and oxygen atoms in total. The molecule has 98 valence electrons. The number of hydrogen-bond donors (Lipinski definition) is 0. The van der Waals surface area contributed by atoms with Crippen LogP contribution in [0.4, 0.5) is 5.69 Å². The van der Waals surface area contributed by atoms with E-state index in [0.29, 0.717) is 0 Å². The maximum Gasteiger partial charge on any atom is 0.333 e. The predicted molar refractivity (Wildman–Crippen MR) is 76.3 cm³/mol. The van der Waals surface area contributed by atoms with Gasteiger partial charge in [0.15, 0.2) is 0 Å². The average molecular weight is 294 g/mol. The molecule has 0 N–H and O–H groups in total. The molecule has 0 saturated carbocycles. The minimum absolute atomic E-state index is 0.115. The first kappa shape index (κ1) is 12.4. The molecule has 1 aromatic heterocycles. The van der Waals surface area contributed by atoms with E-state index in [2.05, 4.69) is 8.95 Å². The van der Waals surface area contributed by atoms with Crippen molar-refractivity contribution < 1.29 is 4.92 Å². The first-order chi connectivity index (χ1) is 9.24. The van der Waals surface area contributed by atoms with E-state index in [1.807, 2.05) is 0 Å². The standard InChI is InChI=1S/C12H12N3O2S2/c16-15(17)10-5-3-9(4-6-10)11-13-19-12(18-11)14-7-1-2-8-14/h3-6H,1-2,7-8H2/q+1. The van der Waals surface area contributed by atoms with Gasteiger partial charge in [-0.25, -0.2) is 4.58 Å². The molecule has 0 unspecified atom stereocenters. The Morgan fingerprint density at radius 1 is 1.21 bits per heavy atom. The van der Waals surface area contributed by atoms with Crippen molar-refractivity contribution in [3.8, 4) is 10.6 Å². The molecule has 19 heavy (non-hydrogen) atoms. The fraction of sp³-hybridized carbons (Fsp3) is 0.333. The monoisotopic (exact) mass is 294 g/mol. The van der Waals surface area contributed by atoms with Gasteiger partial charge in [-0.3, -0.25) is 10.1 Å². The minimum Gasteiger partial charge on any atom is -0.258 e. The molecule has 0 radical (unpaired) electrons. The third kappa shape index (κ3) is 2.57. The summed E-state index contributed by atoms with van der Waals surface area (Å²) in [5.74, 6) is 0. The van der Waals surface area contributed by atoms with Crippen molar-refractivity contribution in [2.75, 3.05) is 13.1 Å². The van der Waals surface area contributed by atoms with Crippen molar-refractivity contribution in [2.45, 2.75) is 12.8 Å². The maximum atomic E-state index is 10.6. The lowest BCUT2D eigenvalue weighted by Gasteiger charge is -1.94. The highest BCUT2D eigenvalue weighted by Gasteiger charge is 2.16. The number of aromatic nitrogens is 1. The number of non-ortho nitro benzene ring substituents is 1. The van der Waals surface area contributed by atoms with Crippen LogP contribution in [0.15, 0.2) is 24.3 Å². The molecule has 2 aromatic rings. The van der Waals surface area contributed by atoms with Crippen LogP contribution < -0.4 is 8.56 Å². The van der Waals surface area contributed by atoms with Crippen LogP contribution >= 0.6 is 22.9 Å². The van der Waals surface area contributed by atoms with Gasteiger partial charge in [0, 0.05) is 42.1 Å². The van der Waals surface area contributed by atoms with E-state index < -0.39 is 0 Å². The molecule has 0 bridgehead atoms. The smallest absolute Gasteiger partial charge is 0.258 e. The lowest BCUT2D eigenvalue weighted by atomic mass is 10.2. The molecule has 0 atom stereocenters. The molecular formula is C12H12N3O2S2+. The normalized spacial score (nSPS) is 14.8. The van der Waals surface area contributed by atoms with E-state index >= 15 is 0 Å². The Morgan fingerprint density at radius 3 is 2.53 bits per heavy atom. The van der Waals surface area contributed by atoms with Crippen LogP contribution in [0.25, 0.3) is 10.6 Å². The van der Waals surface area contributed by atoms with Gasteiger partial charge in [0.05, 0.1) is 4.92 Å². The van der Waals surface area contributed by atoms with Crippen molar-refractivity contribution in [2.24, 2.45) is 0 Å². The third-order valence-electron chi connectivity index (χ3n) is 3.08. The van der Waals surface area contributed by atoms with Gasteiger partial charge in [-0.05, 0) is 23.5 Å². The molecule has 1 fully saturated rings. The van der Waals surface area contributed by atoms with Crippen LogP contribution in [0.3, 0.4) is 0 Å². The predicted octanol–water partition coefficient (Wildman–Crippen LogP) is 2.35. The lowest BCUT2D eigenvalue weighted by molar-refractivity contribution is -0.384. The summed E-state index contributed by atoms with van der Waals surface area (Å²) in [6, 6.07) is 6.57. The SMILES string of the molecule is O=[N+]([O-])c1ccc(-c2nsc(=[N+]3CCCC3)s2)cc1. The molecule has 1 aromatic carbocycles. The highest BCUT2D eigenvalue weighted by atomic mass is 32.2. The molecule has 1 aliphatic heterocycles. The topological polar surface area (TPSA) is 59.0 Å². The minimum atomic E-state index is -0.385. The Kier molecular flexibility index (Phi) is 3.39. The summed E-state index contributed by atoms with van der Waals surface area (Å²) in [4.78, 5) is 10.2. The largest absolute Gasteiger partial charge is 0.333 e. The van der Waals surface area contributed by atoms with Crippen molar-refractivity contribution in [1.29, 1.82) is 0 Å². The summed E-state index contributed by atoms with van der Waals surface area (Å²) >= 11 is 3.17. The summed E-state index contributed by atoms with van der Waals surface area (Å²) in [5.41, 5.74) is 1.06. The zero-order chi connectivity index (χ0) is 13.2. The Labute approximate surface area is 117 Å². The molecule has 7 heteroatoms. The van der Waals surface area contributed by atoms with Crippen LogP contribution in [0.5, 0.6) is 0 Å². The number of nitro groups is 1. The number of nitrogens with zero attached hydrogens (tertiary/aromatic N) is 3. The fourth-order valence-electron chi connectivity index (χ4n) is 2.06. The van der Waals surface area contributed by atoms with Crippen LogP contribution in [-0.4, -0.2) is 22.4 Å². The molecule has 0 aliphatic carbocycles. The number of rotatable bonds is 2. The molecular weight excluding hydrogens is 282 g/mol. The molecule has 0 amide bonds. The van der Waals surface area contributed by atoms with Crippen molar-refractivity contribution in [1.82, 2.24) is 8.95 Å². The van der Waals surface area contributed by atoms with E-state index in [-0.39, 0.29) is 10.6 Å². The van der Waals surface area contributed by atoms with Gasteiger partial charge in [0.25, 0.3) is 5.69 Å². The summed E-state index contributed by atoms with van der Waals surface area (Å²) < 4.78 is 8.04. The summed E-state index contributed by atoms with van der Waals surface area (Å²) in [6.07, 6.45) is 2.50. The van der Waals surface area contributed by atoms with Crippen molar-refractivity contribution in [3.63, 3.8) is 0 Å². The molecule has 1 aliphatic rings. The highest BCUT2D eigenvalue weighted by molar-refractivity contribution is 7.25. The molecule has 3 rings (SSSR count). The fourth-order valence-corrected chi connectivity index (χ4v) is 4.11. The van der Waals surface area contributed by atoms with E-state index in [1.165, 1.54) is 40.5 Å². The average Bonchev–Trinajstić information content (AvgIpc) is 3.10. The Hall–Kier alpha value is -1.60. The van der Waals surface area contributed by atoms with E-state index in [0.717, 1.165) is 23.7 Å². The molecule has 1 saturated heterocycles. The van der Waals surface area contributed by atoms with Crippen LogP contribution in [0.1, 0.15) is 12.8 Å². The quantitative estimate of drug-likeness (QED) is 0.485. The van der Waals surface area contributed by atoms with E-state index in [4.69, 9.17) is 0 Å². The van der Waals surface area contributed by atoms with Crippen LogP contribution in [0.2, 0.25) is 0 Å². The Balaban J connectivity index is 1.94. The zero-order valence-corrected chi connectivity index (χ0v) is 11.7. The van der Waals surface area contributed by atoms with E-state index in [1.54, 1.807) is 23.5 Å². The number of benzene rings is 1. The number of nitro benzene ring substituents is 1. The first-order valence-corrected chi connectivity index (χ1v) is 7.62. The van der Waals surface area contributed by atoms with Crippen LogP contribution in [0, 0.1) is 10.1 Å².